The van der Waals surface area contributed by atoms with Crippen LogP contribution >= 0.6 is 0 Å². The number of rotatable bonds is 9. The summed E-state index contributed by atoms with van der Waals surface area (Å²) in [5.41, 5.74) is -0.0200. The molecule has 258 valence electrons. The number of fused-ring (bicyclic) bond motifs is 4. The summed E-state index contributed by atoms with van der Waals surface area (Å²) >= 11 is 0. The maximum atomic E-state index is 11.6. The zero-order chi connectivity index (χ0) is 33.1. The van der Waals surface area contributed by atoms with Gasteiger partial charge in [0.1, 0.15) is 12.4 Å². The second kappa shape index (κ2) is 14.9. The minimum Gasteiger partial charge on any atom is -0.390 e. The normalized spacial score (nSPS) is 45.3. The highest BCUT2D eigenvalue weighted by atomic mass is 16.6. The second-order valence-corrected chi connectivity index (χ2v) is 15.1. The lowest BCUT2D eigenvalue weighted by atomic mass is 9.82. The van der Waals surface area contributed by atoms with E-state index in [9.17, 15) is 15.0 Å². The summed E-state index contributed by atoms with van der Waals surface area (Å²) in [7, 11) is 0. The number of hydrogen-bond acceptors (Lipinski definition) is 8. The Hall–Kier alpha value is -1.65. The number of carbonyl (C=O) groups is 1. The maximum absolute atomic E-state index is 11.6. The molecule has 0 aromatic carbocycles. The van der Waals surface area contributed by atoms with Crippen molar-refractivity contribution in [1.82, 2.24) is 0 Å². The molecule has 8 nitrogen and oxygen atoms in total. The van der Waals surface area contributed by atoms with Gasteiger partial charge in [-0.3, -0.25) is 4.79 Å². The number of aliphatic hydroxyl groups excluding tert-OH is 1. The predicted molar refractivity (Wildman–Crippen MR) is 177 cm³/mol. The molecule has 0 bridgehead atoms. The number of aliphatic hydroxyl groups is 2. The summed E-state index contributed by atoms with van der Waals surface area (Å²) in [4.78, 5) is 10.8. The number of allylic oxidation sites excluding steroid dienone is 7. The lowest BCUT2D eigenvalue weighted by molar-refractivity contribution is -0.270. The largest absolute Gasteiger partial charge is 0.390 e. The Morgan fingerprint density at radius 3 is 2.37 bits per heavy atom. The molecule has 46 heavy (non-hydrogen) atoms. The molecule has 0 aliphatic carbocycles. The van der Waals surface area contributed by atoms with Crippen LogP contribution in [0.25, 0.3) is 0 Å². The van der Waals surface area contributed by atoms with Gasteiger partial charge in [0.25, 0.3) is 0 Å². The number of aldehydes is 1. The van der Waals surface area contributed by atoms with Crippen LogP contribution < -0.4 is 0 Å². The Morgan fingerprint density at radius 2 is 1.61 bits per heavy atom. The highest BCUT2D eigenvalue weighted by Gasteiger charge is 2.57. The summed E-state index contributed by atoms with van der Waals surface area (Å²) in [6.45, 7) is 13.8. The highest BCUT2D eigenvalue weighted by molar-refractivity contribution is 5.67. The van der Waals surface area contributed by atoms with E-state index in [0.29, 0.717) is 19.3 Å². The topological polar surface area (TPSA) is 104 Å². The average molecular weight is 643 g/mol. The van der Waals surface area contributed by atoms with Crippen molar-refractivity contribution in [3.63, 3.8) is 0 Å². The van der Waals surface area contributed by atoms with Gasteiger partial charge >= 0.3 is 0 Å². The molecule has 12 unspecified atom stereocenters. The van der Waals surface area contributed by atoms with Gasteiger partial charge in [-0.05, 0) is 110 Å². The standard InChI is InChI=1S/C38H58O8/c1-7-8-9-10-14-32-36(4,41)20-17-29-30(42-32)18-21-37(5)34(43-29)23-31-35(46-37)28(40)24-38(6)33(44-31)16-15-27(45-38)13-11-12-25(2)26(3)19-22-39/h7-9,12,19,22,27-35,40-41H,1,10-11,13-18,20-21,23-24H2,2-6H3/b9-8+,25-12+,26-19+. The van der Waals surface area contributed by atoms with Crippen LogP contribution in [0.15, 0.2) is 48.1 Å². The molecule has 0 spiro atoms. The molecule has 5 aliphatic heterocycles. The number of hydrogen-bond donors (Lipinski definition) is 2. The Balaban J connectivity index is 1.24. The Bertz CT molecular complexity index is 1160. The van der Waals surface area contributed by atoms with Crippen LogP contribution in [0, 0.1) is 0 Å². The Kier molecular flexibility index (Phi) is 11.5. The molecule has 0 aromatic heterocycles. The molecule has 12 atom stereocenters. The SMILES string of the molecule is C=C/C=C/CCC1OC2CCC3(C)OC4C(O)CC5(C)OC(CC/C=C(C)/C(C)=C/C=O)CCC5OC4CC3OC2CCC1(C)O. The van der Waals surface area contributed by atoms with E-state index in [-0.39, 0.29) is 42.7 Å². The molecule has 5 saturated heterocycles. The second-order valence-electron chi connectivity index (χ2n) is 15.1. The quantitative estimate of drug-likeness (QED) is 0.173. The van der Waals surface area contributed by atoms with Gasteiger partial charge in [-0.25, -0.2) is 0 Å². The fraction of sp³-hybridized carbons (Fsp3) is 0.763. The van der Waals surface area contributed by atoms with Crippen LogP contribution in [0.2, 0.25) is 0 Å². The molecular formula is C38H58O8. The van der Waals surface area contributed by atoms with Gasteiger partial charge in [0.05, 0.1) is 65.6 Å². The van der Waals surface area contributed by atoms with Gasteiger partial charge in [-0.2, -0.15) is 0 Å². The van der Waals surface area contributed by atoms with Crippen LogP contribution in [-0.4, -0.2) is 88.2 Å². The number of carbonyl (C=O) groups excluding carboxylic acids is 1. The van der Waals surface area contributed by atoms with Crippen molar-refractivity contribution in [2.24, 2.45) is 0 Å². The van der Waals surface area contributed by atoms with Gasteiger partial charge in [-0.1, -0.05) is 36.5 Å². The van der Waals surface area contributed by atoms with Crippen molar-refractivity contribution < 1.29 is 38.7 Å². The van der Waals surface area contributed by atoms with Crippen molar-refractivity contribution in [2.75, 3.05) is 0 Å². The minimum atomic E-state index is -0.922. The fourth-order valence-corrected chi connectivity index (χ4v) is 8.41. The van der Waals surface area contributed by atoms with Gasteiger partial charge in [-0.15, -0.1) is 0 Å². The van der Waals surface area contributed by atoms with Gasteiger partial charge in [0.15, 0.2) is 0 Å². The minimum absolute atomic E-state index is 0.0793. The van der Waals surface area contributed by atoms with Gasteiger partial charge < -0.3 is 33.9 Å². The molecule has 5 fully saturated rings. The van der Waals surface area contributed by atoms with E-state index in [1.54, 1.807) is 12.2 Å². The van der Waals surface area contributed by atoms with Crippen LogP contribution in [0.4, 0.5) is 0 Å². The monoisotopic (exact) mass is 642 g/mol. The molecule has 5 aliphatic rings. The first-order valence-electron chi connectivity index (χ1n) is 17.7. The highest BCUT2D eigenvalue weighted by Crippen LogP contribution is 2.48. The third-order valence-electron chi connectivity index (χ3n) is 11.5. The van der Waals surface area contributed by atoms with E-state index in [1.807, 2.05) is 26.8 Å². The van der Waals surface area contributed by atoms with Crippen molar-refractivity contribution in [3.8, 4) is 0 Å². The molecule has 8 heteroatoms. The smallest absolute Gasteiger partial charge is 0.143 e. The summed E-state index contributed by atoms with van der Waals surface area (Å²) in [5.74, 6) is 0. The van der Waals surface area contributed by atoms with Crippen LogP contribution in [0.1, 0.15) is 112 Å². The fourth-order valence-electron chi connectivity index (χ4n) is 8.41. The van der Waals surface area contributed by atoms with Crippen LogP contribution in [-0.2, 0) is 28.5 Å². The summed E-state index contributed by atoms with van der Waals surface area (Å²) in [6.07, 6.45) is 17.1. The molecule has 2 N–H and O–H groups in total. The first-order chi connectivity index (χ1) is 21.9. The average Bonchev–Trinajstić information content (AvgIpc) is 3.26. The van der Waals surface area contributed by atoms with E-state index >= 15 is 0 Å². The molecule has 5 heterocycles. The predicted octanol–water partition coefficient (Wildman–Crippen LogP) is 6.23. The molecule has 0 saturated carbocycles. The van der Waals surface area contributed by atoms with E-state index in [1.165, 1.54) is 0 Å². The molecule has 0 aromatic rings. The molecule has 0 amide bonds. The van der Waals surface area contributed by atoms with E-state index in [2.05, 4.69) is 32.6 Å². The van der Waals surface area contributed by atoms with E-state index in [4.69, 9.17) is 23.7 Å². The first kappa shape index (κ1) is 35.7. The van der Waals surface area contributed by atoms with Crippen molar-refractivity contribution in [1.29, 1.82) is 0 Å². The van der Waals surface area contributed by atoms with E-state index < -0.39 is 29.0 Å². The van der Waals surface area contributed by atoms with Crippen molar-refractivity contribution >= 4 is 6.29 Å². The maximum Gasteiger partial charge on any atom is 0.143 e. The van der Waals surface area contributed by atoms with Gasteiger partial charge in [0, 0.05) is 12.8 Å². The van der Waals surface area contributed by atoms with Gasteiger partial charge in [0.2, 0.25) is 0 Å². The van der Waals surface area contributed by atoms with Crippen molar-refractivity contribution in [2.45, 2.75) is 183 Å². The first-order valence-corrected chi connectivity index (χ1v) is 17.7. The molecule has 0 radical (unpaired) electrons. The number of ether oxygens (including phenoxy) is 5. The van der Waals surface area contributed by atoms with Crippen LogP contribution in [0.5, 0.6) is 0 Å². The molecule has 5 rings (SSSR count). The van der Waals surface area contributed by atoms with Crippen molar-refractivity contribution in [3.05, 3.63) is 48.1 Å². The van der Waals surface area contributed by atoms with E-state index in [0.717, 1.165) is 75.2 Å². The Labute approximate surface area is 276 Å². The third-order valence-corrected chi connectivity index (χ3v) is 11.5. The summed E-state index contributed by atoms with van der Waals surface area (Å²) in [5, 5.41) is 23.0. The zero-order valence-corrected chi connectivity index (χ0v) is 28.7. The molecular weight excluding hydrogens is 584 g/mol. The summed E-state index contributed by atoms with van der Waals surface area (Å²) < 4.78 is 33.9. The zero-order valence-electron chi connectivity index (χ0n) is 28.7. The third kappa shape index (κ3) is 7.96. The van der Waals surface area contributed by atoms with Crippen LogP contribution in [0.3, 0.4) is 0 Å². The summed E-state index contributed by atoms with van der Waals surface area (Å²) in [6, 6.07) is 0. The Morgan fingerprint density at radius 1 is 0.870 bits per heavy atom. The lowest BCUT2D eigenvalue weighted by Crippen LogP contribution is -2.59. The lowest BCUT2D eigenvalue weighted by Gasteiger charge is -2.48.